The van der Waals surface area contributed by atoms with Gasteiger partial charge in [-0.3, -0.25) is 4.79 Å². The molecule has 0 unspecified atom stereocenters. The lowest BCUT2D eigenvalue weighted by atomic mass is 10.1. The SMILES string of the molecule is O=C(c1ccc2c(c1)OCO2)N1CCN(c2ccc(F)cc2F)CC1. The Hall–Kier alpha value is -2.83. The summed E-state index contributed by atoms with van der Waals surface area (Å²) in [5.41, 5.74) is 0.891. The van der Waals surface area contributed by atoms with Gasteiger partial charge in [0, 0.05) is 37.8 Å². The third-order valence-electron chi connectivity index (χ3n) is 4.44. The molecule has 0 spiro atoms. The lowest BCUT2D eigenvalue weighted by Crippen LogP contribution is -2.49. The van der Waals surface area contributed by atoms with Gasteiger partial charge in [-0.1, -0.05) is 0 Å². The van der Waals surface area contributed by atoms with E-state index in [9.17, 15) is 13.6 Å². The van der Waals surface area contributed by atoms with E-state index in [1.165, 1.54) is 12.1 Å². The largest absolute Gasteiger partial charge is 0.454 e. The lowest BCUT2D eigenvalue weighted by Gasteiger charge is -2.36. The average molecular weight is 346 g/mol. The Morgan fingerprint density at radius 1 is 0.920 bits per heavy atom. The van der Waals surface area contributed by atoms with Gasteiger partial charge in [-0.2, -0.15) is 0 Å². The number of piperazine rings is 1. The first kappa shape index (κ1) is 15.7. The van der Waals surface area contributed by atoms with E-state index in [1.807, 2.05) is 4.90 Å². The highest BCUT2D eigenvalue weighted by Crippen LogP contribution is 2.33. The standard InChI is InChI=1S/C18H16F2N2O3/c19-13-2-3-15(14(20)10-13)21-5-7-22(8-6-21)18(23)12-1-4-16-17(9-12)25-11-24-16/h1-4,9-10H,5-8,11H2. The Bertz CT molecular complexity index is 820. The van der Waals surface area contributed by atoms with Crippen LogP contribution < -0.4 is 14.4 Å². The molecule has 0 atom stereocenters. The van der Waals surface area contributed by atoms with Gasteiger partial charge in [0.15, 0.2) is 11.5 Å². The topological polar surface area (TPSA) is 42.0 Å². The maximum absolute atomic E-state index is 13.9. The van der Waals surface area contributed by atoms with Crippen LogP contribution >= 0.6 is 0 Å². The molecule has 4 rings (SSSR count). The van der Waals surface area contributed by atoms with Gasteiger partial charge < -0.3 is 19.3 Å². The van der Waals surface area contributed by atoms with Crippen molar-refractivity contribution in [2.24, 2.45) is 0 Å². The van der Waals surface area contributed by atoms with E-state index >= 15 is 0 Å². The minimum Gasteiger partial charge on any atom is -0.454 e. The minimum absolute atomic E-state index is 0.0995. The zero-order valence-electron chi connectivity index (χ0n) is 13.4. The van der Waals surface area contributed by atoms with Crippen LogP contribution in [0.15, 0.2) is 36.4 Å². The molecule has 0 aromatic heterocycles. The van der Waals surface area contributed by atoms with Crippen LogP contribution in [-0.4, -0.2) is 43.8 Å². The Morgan fingerprint density at radius 2 is 1.68 bits per heavy atom. The molecular weight excluding hydrogens is 330 g/mol. The molecule has 0 radical (unpaired) electrons. The summed E-state index contributed by atoms with van der Waals surface area (Å²) < 4.78 is 37.5. The molecule has 0 aliphatic carbocycles. The molecule has 0 N–H and O–H groups in total. The highest BCUT2D eigenvalue weighted by Gasteiger charge is 2.25. The summed E-state index contributed by atoms with van der Waals surface area (Å²) in [5.74, 6) is -0.0861. The second-order valence-corrected chi connectivity index (χ2v) is 5.94. The van der Waals surface area contributed by atoms with E-state index in [2.05, 4.69) is 0 Å². The lowest BCUT2D eigenvalue weighted by molar-refractivity contribution is 0.0746. The molecule has 2 aliphatic heterocycles. The minimum atomic E-state index is -0.599. The summed E-state index contributed by atoms with van der Waals surface area (Å²) >= 11 is 0. The first-order valence-electron chi connectivity index (χ1n) is 8.01. The number of nitrogens with zero attached hydrogens (tertiary/aromatic N) is 2. The van der Waals surface area contributed by atoms with Crippen molar-refractivity contribution in [1.29, 1.82) is 0 Å². The van der Waals surface area contributed by atoms with Crippen molar-refractivity contribution in [2.75, 3.05) is 37.9 Å². The molecule has 130 valence electrons. The van der Waals surface area contributed by atoms with Crippen molar-refractivity contribution < 1.29 is 23.0 Å². The summed E-state index contributed by atoms with van der Waals surface area (Å²) in [4.78, 5) is 16.2. The fourth-order valence-electron chi connectivity index (χ4n) is 3.10. The monoisotopic (exact) mass is 346 g/mol. The first-order valence-corrected chi connectivity index (χ1v) is 8.01. The van der Waals surface area contributed by atoms with Crippen molar-refractivity contribution in [2.45, 2.75) is 0 Å². The van der Waals surface area contributed by atoms with Crippen molar-refractivity contribution in [1.82, 2.24) is 4.90 Å². The number of ether oxygens (including phenoxy) is 2. The van der Waals surface area contributed by atoms with Crippen LogP contribution in [0.2, 0.25) is 0 Å². The molecule has 25 heavy (non-hydrogen) atoms. The van der Waals surface area contributed by atoms with Crippen LogP contribution in [0.1, 0.15) is 10.4 Å². The second-order valence-electron chi connectivity index (χ2n) is 5.94. The maximum atomic E-state index is 13.9. The van der Waals surface area contributed by atoms with Crippen LogP contribution in [0.25, 0.3) is 0 Å². The molecule has 1 saturated heterocycles. The number of benzene rings is 2. The molecule has 2 aromatic carbocycles. The smallest absolute Gasteiger partial charge is 0.254 e. The molecule has 1 fully saturated rings. The number of halogens is 2. The highest BCUT2D eigenvalue weighted by molar-refractivity contribution is 5.95. The summed E-state index contributed by atoms with van der Waals surface area (Å²) in [5, 5.41) is 0. The van der Waals surface area contributed by atoms with Gasteiger partial charge in [0.1, 0.15) is 11.6 Å². The number of fused-ring (bicyclic) bond motifs is 1. The summed E-state index contributed by atoms with van der Waals surface area (Å²) in [7, 11) is 0. The van der Waals surface area contributed by atoms with E-state index in [0.717, 1.165) is 6.07 Å². The van der Waals surface area contributed by atoms with Gasteiger partial charge in [-0.25, -0.2) is 8.78 Å². The van der Waals surface area contributed by atoms with Crippen LogP contribution in [0.5, 0.6) is 11.5 Å². The third kappa shape index (κ3) is 2.97. The molecule has 1 amide bonds. The Morgan fingerprint density at radius 3 is 2.44 bits per heavy atom. The highest BCUT2D eigenvalue weighted by atomic mass is 19.1. The summed E-state index contributed by atoms with van der Waals surface area (Å²) in [6.45, 7) is 2.06. The Balaban J connectivity index is 1.44. The van der Waals surface area contributed by atoms with Gasteiger partial charge in [-0.15, -0.1) is 0 Å². The van der Waals surface area contributed by atoms with Crippen molar-refractivity contribution in [3.05, 3.63) is 53.6 Å². The van der Waals surface area contributed by atoms with E-state index in [-0.39, 0.29) is 12.7 Å². The van der Waals surface area contributed by atoms with Crippen LogP contribution in [0, 0.1) is 11.6 Å². The van der Waals surface area contributed by atoms with Crippen molar-refractivity contribution in [3.8, 4) is 11.5 Å². The Labute approximate surface area is 143 Å². The molecule has 5 nitrogen and oxygen atoms in total. The maximum Gasteiger partial charge on any atom is 0.254 e. The van der Waals surface area contributed by atoms with Crippen LogP contribution in [0.3, 0.4) is 0 Å². The summed E-state index contributed by atoms with van der Waals surface area (Å²) in [6, 6.07) is 8.65. The van der Waals surface area contributed by atoms with Crippen LogP contribution in [0.4, 0.5) is 14.5 Å². The molecule has 0 bridgehead atoms. The van der Waals surface area contributed by atoms with E-state index in [1.54, 1.807) is 23.1 Å². The molecular formula is C18H16F2N2O3. The Kier molecular flexibility index (Phi) is 3.91. The zero-order chi connectivity index (χ0) is 17.4. The number of rotatable bonds is 2. The predicted molar refractivity (Wildman–Crippen MR) is 87.0 cm³/mol. The van der Waals surface area contributed by atoms with E-state index in [0.29, 0.717) is 48.9 Å². The quantitative estimate of drug-likeness (QED) is 0.838. The molecule has 2 aromatic rings. The fraction of sp³-hybridized carbons (Fsp3) is 0.278. The number of carbonyl (C=O) groups excluding carboxylic acids is 1. The average Bonchev–Trinajstić information content (AvgIpc) is 3.09. The third-order valence-corrected chi connectivity index (χ3v) is 4.44. The van der Waals surface area contributed by atoms with Gasteiger partial charge in [0.05, 0.1) is 5.69 Å². The number of anilines is 1. The number of hydrogen-bond donors (Lipinski definition) is 0. The normalized spacial score (nSPS) is 16.2. The fourth-order valence-corrected chi connectivity index (χ4v) is 3.10. The summed E-state index contributed by atoms with van der Waals surface area (Å²) in [6.07, 6.45) is 0. The van der Waals surface area contributed by atoms with Gasteiger partial charge in [-0.05, 0) is 30.3 Å². The van der Waals surface area contributed by atoms with Crippen LogP contribution in [-0.2, 0) is 0 Å². The molecule has 2 heterocycles. The van der Waals surface area contributed by atoms with Gasteiger partial charge in [0.2, 0.25) is 6.79 Å². The van der Waals surface area contributed by atoms with E-state index in [4.69, 9.17) is 9.47 Å². The van der Waals surface area contributed by atoms with Gasteiger partial charge in [0.25, 0.3) is 5.91 Å². The van der Waals surface area contributed by atoms with Gasteiger partial charge >= 0.3 is 0 Å². The zero-order valence-corrected chi connectivity index (χ0v) is 13.4. The van der Waals surface area contributed by atoms with Crippen molar-refractivity contribution in [3.63, 3.8) is 0 Å². The predicted octanol–water partition coefficient (Wildman–Crippen LogP) is 2.66. The van der Waals surface area contributed by atoms with E-state index < -0.39 is 11.6 Å². The molecule has 7 heteroatoms. The molecule has 2 aliphatic rings. The number of carbonyl (C=O) groups is 1. The first-order chi connectivity index (χ1) is 12.1. The number of hydrogen-bond acceptors (Lipinski definition) is 4. The number of amides is 1. The molecule has 0 saturated carbocycles. The van der Waals surface area contributed by atoms with Crippen molar-refractivity contribution >= 4 is 11.6 Å². The second kappa shape index (κ2) is 6.23.